The third-order valence-corrected chi connectivity index (χ3v) is 3.43. The Morgan fingerprint density at radius 2 is 2.00 bits per heavy atom. The van der Waals surface area contributed by atoms with Gasteiger partial charge < -0.3 is 9.84 Å². The first-order valence-corrected chi connectivity index (χ1v) is 7.63. The standard InChI is InChI=1S/C18H16F3N3O3/c1-3-15(12-6-8-13(27-2)9-7-12)23-24(11-16(25)26)17-14(18(19,20)21)5-4-10-22-17/h3-10H,1,11H2,2H3,(H,25,26)/b23-15+. The molecule has 0 bridgehead atoms. The first-order chi connectivity index (χ1) is 12.8. The van der Waals surface area contributed by atoms with Crippen LogP contribution in [0.1, 0.15) is 11.1 Å². The molecule has 0 spiro atoms. The number of anilines is 1. The Bertz CT molecular complexity index is 849. The molecule has 0 amide bonds. The topological polar surface area (TPSA) is 75.0 Å². The summed E-state index contributed by atoms with van der Waals surface area (Å²) >= 11 is 0. The van der Waals surface area contributed by atoms with Crippen LogP contribution in [0.4, 0.5) is 19.0 Å². The van der Waals surface area contributed by atoms with Crippen LogP contribution in [-0.2, 0) is 11.0 Å². The number of hydrogen-bond donors (Lipinski definition) is 1. The molecule has 0 radical (unpaired) electrons. The number of halogens is 3. The maximum absolute atomic E-state index is 13.3. The Hall–Kier alpha value is -3.36. The predicted octanol–water partition coefficient (Wildman–Crippen LogP) is 3.59. The smallest absolute Gasteiger partial charge is 0.420 e. The number of rotatable bonds is 7. The number of carboxylic acid groups (broad SMARTS) is 1. The number of alkyl halides is 3. The van der Waals surface area contributed by atoms with Gasteiger partial charge in [0.25, 0.3) is 0 Å². The summed E-state index contributed by atoms with van der Waals surface area (Å²) in [6, 6.07) is 8.46. The lowest BCUT2D eigenvalue weighted by atomic mass is 10.1. The molecular formula is C18H16F3N3O3. The first kappa shape index (κ1) is 20.0. The van der Waals surface area contributed by atoms with Gasteiger partial charge in [-0.05, 0) is 42.5 Å². The monoisotopic (exact) mass is 379 g/mol. The van der Waals surface area contributed by atoms with E-state index < -0.39 is 30.1 Å². The summed E-state index contributed by atoms with van der Waals surface area (Å²) in [6.45, 7) is 2.79. The minimum absolute atomic E-state index is 0.178. The number of nitrogens with zero attached hydrogens (tertiary/aromatic N) is 3. The largest absolute Gasteiger partial charge is 0.497 e. The molecule has 1 aromatic carbocycles. The number of pyridine rings is 1. The fraction of sp³-hybridized carbons (Fsp3) is 0.167. The van der Waals surface area contributed by atoms with Gasteiger partial charge in [-0.15, -0.1) is 0 Å². The molecule has 142 valence electrons. The van der Waals surface area contributed by atoms with E-state index in [1.165, 1.54) is 13.2 Å². The lowest BCUT2D eigenvalue weighted by molar-refractivity contribution is -0.138. The van der Waals surface area contributed by atoms with Crippen LogP contribution in [0.3, 0.4) is 0 Å². The molecule has 0 saturated carbocycles. The van der Waals surface area contributed by atoms with Crippen LogP contribution in [0.5, 0.6) is 5.75 Å². The van der Waals surface area contributed by atoms with Gasteiger partial charge in [-0.2, -0.15) is 18.3 Å². The molecule has 9 heteroatoms. The second-order valence-corrected chi connectivity index (χ2v) is 5.24. The quantitative estimate of drug-likeness (QED) is 0.588. The highest BCUT2D eigenvalue weighted by Gasteiger charge is 2.36. The molecule has 2 rings (SSSR count). The average Bonchev–Trinajstić information content (AvgIpc) is 2.64. The second kappa shape index (κ2) is 8.35. The number of allylic oxidation sites excluding steroid dienone is 1. The van der Waals surface area contributed by atoms with Crippen molar-refractivity contribution in [2.24, 2.45) is 5.10 Å². The van der Waals surface area contributed by atoms with Crippen molar-refractivity contribution in [3.05, 3.63) is 66.4 Å². The third kappa shape index (κ3) is 5.06. The van der Waals surface area contributed by atoms with E-state index in [0.29, 0.717) is 16.3 Å². The predicted molar refractivity (Wildman–Crippen MR) is 93.9 cm³/mol. The summed E-state index contributed by atoms with van der Waals surface area (Å²) in [7, 11) is 1.49. The number of hydrogen-bond acceptors (Lipinski definition) is 5. The van der Waals surface area contributed by atoms with Crippen LogP contribution in [0, 0.1) is 0 Å². The van der Waals surface area contributed by atoms with Crippen molar-refractivity contribution in [1.29, 1.82) is 0 Å². The van der Waals surface area contributed by atoms with E-state index in [-0.39, 0.29) is 5.71 Å². The Morgan fingerprint density at radius 3 is 2.52 bits per heavy atom. The lowest BCUT2D eigenvalue weighted by Gasteiger charge is -2.21. The normalized spacial score (nSPS) is 11.8. The minimum Gasteiger partial charge on any atom is -0.497 e. The fourth-order valence-electron chi connectivity index (χ4n) is 2.22. The van der Waals surface area contributed by atoms with Gasteiger partial charge in [-0.25, -0.2) is 9.99 Å². The van der Waals surface area contributed by atoms with Gasteiger partial charge in [0.2, 0.25) is 0 Å². The number of ether oxygens (including phenoxy) is 1. The summed E-state index contributed by atoms with van der Waals surface area (Å²) < 4.78 is 44.9. The number of hydrazone groups is 1. The van der Waals surface area contributed by atoms with Gasteiger partial charge in [0.1, 0.15) is 12.3 Å². The summed E-state index contributed by atoms with van der Waals surface area (Å²) in [5.74, 6) is -1.40. The van der Waals surface area contributed by atoms with Crippen LogP contribution in [0.25, 0.3) is 0 Å². The fourth-order valence-corrected chi connectivity index (χ4v) is 2.22. The molecule has 0 aliphatic heterocycles. The molecule has 1 heterocycles. The molecule has 27 heavy (non-hydrogen) atoms. The number of benzene rings is 1. The number of aliphatic carboxylic acids is 1. The highest BCUT2D eigenvalue weighted by atomic mass is 19.4. The van der Waals surface area contributed by atoms with E-state index in [1.807, 2.05) is 0 Å². The van der Waals surface area contributed by atoms with E-state index in [4.69, 9.17) is 9.84 Å². The van der Waals surface area contributed by atoms with Crippen molar-refractivity contribution in [2.45, 2.75) is 6.18 Å². The van der Waals surface area contributed by atoms with Gasteiger partial charge in [-0.3, -0.25) is 4.79 Å². The molecule has 0 atom stereocenters. The van der Waals surface area contributed by atoms with Gasteiger partial charge in [-0.1, -0.05) is 6.58 Å². The summed E-state index contributed by atoms with van der Waals surface area (Å²) in [5, 5.41) is 13.8. The third-order valence-electron chi connectivity index (χ3n) is 3.43. The molecule has 0 aliphatic carbocycles. The molecule has 0 saturated heterocycles. The van der Waals surface area contributed by atoms with Crippen molar-refractivity contribution in [3.8, 4) is 5.75 Å². The molecule has 2 aromatic rings. The Morgan fingerprint density at radius 1 is 1.33 bits per heavy atom. The zero-order valence-electron chi connectivity index (χ0n) is 14.3. The van der Waals surface area contributed by atoms with Crippen molar-refractivity contribution >= 4 is 17.5 Å². The maximum atomic E-state index is 13.3. The van der Waals surface area contributed by atoms with Crippen LogP contribution in [0.15, 0.2) is 60.4 Å². The molecular weight excluding hydrogens is 363 g/mol. The van der Waals surface area contributed by atoms with Crippen LogP contribution in [0.2, 0.25) is 0 Å². The molecule has 0 fully saturated rings. The molecule has 0 unspecified atom stereocenters. The summed E-state index contributed by atoms with van der Waals surface area (Å²) in [4.78, 5) is 14.9. The lowest BCUT2D eigenvalue weighted by Crippen LogP contribution is -2.29. The van der Waals surface area contributed by atoms with Crippen LogP contribution in [-0.4, -0.2) is 35.4 Å². The van der Waals surface area contributed by atoms with Crippen LogP contribution >= 0.6 is 0 Å². The molecule has 0 aliphatic rings. The number of methoxy groups -OCH3 is 1. The number of carboxylic acids is 1. The van der Waals surface area contributed by atoms with E-state index in [9.17, 15) is 18.0 Å². The van der Waals surface area contributed by atoms with E-state index in [0.717, 1.165) is 18.3 Å². The van der Waals surface area contributed by atoms with Gasteiger partial charge in [0.15, 0.2) is 5.82 Å². The Kier molecular flexibility index (Phi) is 6.17. The van der Waals surface area contributed by atoms with E-state index in [1.54, 1.807) is 24.3 Å². The van der Waals surface area contributed by atoms with E-state index in [2.05, 4.69) is 16.7 Å². The summed E-state index contributed by atoms with van der Waals surface area (Å²) in [6.07, 6.45) is -2.27. The van der Waals surface area contributed by atoms with Gasteiger partial charge in [0, 0.05) is 11.8 Å². The Labute approximate surface area is 153 Å². The SMILES string of the molecule is C=C/C(=N\N(CC(=O)O)c1ncccc1C(F)(F)F)c1ccc(OC)cc1. The number of aromatic nitrogens is 1. The Balaban J connectivity index is 2.54. The molecule has 1 N–H and O–H groups in total. The minimum atomic E-state index is -4.72. The maximum Gasteiger partial charge on any atom is 0.420 e. The van der Waals surface area contributed by atoms with E-state index >= 15 is 0 Å². The molecule has 1 aromatic heterocycles. The summed E-state index contributed by atoms with van der Waals surface area (Å²) in [5.41, 5.74) is -0.392. The zero-order valence-corrected chi connectivity index (χ0v) is 14.3. The van der Waals surface area contributed by atoms with Crippen molar-refractivity contribution < 1.29 is 27.8 Å². The highest BCUT2D eigenvalue weighted by Crippen LogP contribution is 2.35. The molecule has 6 nitrogen and oxygen atoms in total. The highest BCUT2D eigenvalue weighted by molar-refractivity contribution is 6.08. The second-order valence-electron chi connectivity index (χ2n) is 5.24. The zero-order chi connectivity index (χ0) is 20.0. The number of carbonyl (C=O) groups is 1. The average molecular weight is 379 g/mol. The van der Waals surface area contributed by atoms with Gasteiger partial charge >= 0.3 is 12.1 Å². The van der Waals surface area contributed by atoms with Gasteiger partial charge in [0.05, 0.1) is 18.4 Å². The first-order valence-electron chi connectivity index (χ1n) is 7.63. The van der Waals surface area contributed by atoms with Crippen molar-refractivity contribution in [2.75, 3.05) is 18.7 Å². The van der Waals surface area contributed by atoms with Crippen LogP contribution < -0.4 is 9.75 Å². The van der Waals surface area contributed by atoms with Crippen molar-refractivity contribution in [1.82, 2.24) is 4.98 Å². The van der Waals surface area contributed by atoms with Crippen molar-refractivity contribution in [3.63, 3.8) is 0 Å².